The molecule has 188 valence electrons. The van der Waals surface area contributed by atoms with E-state index in [1.54, 1.807) is 18.7 Å². The summed E-state index contributed by atoms with van der Waals surface area (Å²) in [6.07, 6.45) is 3.16. The molecule has 3 unspecified atom stereocenters. The number of nitrogens with zero attached hydrogens (tertiary/aromatic N) is 2. The lowest BCUT2D eigenvalue weighted by Crippen LogP contribution is -2.44. The van der Waals surface area contributed by atoms with Crippen LogP contribution in [-0.2, 0) is 0 Å². The Labute approximate surface area is 218 Å². The van der Waals surface area contributed by atoms with Gasteiger partial charge in [-0.2, -0.15) is 5.26 Å². The molecule has 1 fully saturated rings. The zero-order chi connectivity index (χ0) is 26.1. The summed E-state index contributed by atoms with van der Waals surface area (Å²) < 4.78 is 5.57. The van der Waals surface area contributed by atoms with Crippen LogP contribution in [0.3, 0.4) is 0 Å². The number of pyridine rings is 1. The van der Waals surface area contributed by atoms with E-state index >= 15 is 0 Å². The van der Waals surface area contributed by atoms with Gasteiger partial charge in [0.1, 0.15) is 11.4 Å². The molecular weight excluding hydrogens is 460 g/mol. The number of amides is 1. The quantitative estimate of drug-likeness (QED) is 0.300. The highest BCUT2D eigenvalue weighted by molar-refractivity contribution is 5.99. The average molecular weight is 493 g/mol. The van der Waals surface area contributed by atoms with Gasteiger partial charge in [-0.05, 0) is 67.7 Å². The highest BCUT2D eigenvalue weighted by Crippen LogP contribution is 2.47. The van der Waals surface area contributed by atoms with Gasteiger partial charge in [-0.1, -0.05) is 48.9 Å². The van der Waals surface area contributed by atoms with Crippen molar-refractivity contribution in [2.75, 3.05) is 19.0 Å². The Balaban J connectivity index is 1.39. The topological polar surface area (TPSA) is 87.0 Å². The molecule has 3 atom stereocenters. The van der Waals surface area contributed by atoms with Gasteiger partial charge in [0, 0.05) is 29.1 Å². The number of benzene rings is 2. The molecule has 1 amide bonds. The monoisotopic (exact) mass is 492 g/mol. The van der Waals surface area contributed by atoms with E-state index in [0.29, 0.717) is 35.4 Å². The molecule has 1 heterocycles. The van der Waals surface area contributed by atoms with Crippen LogP contribution in [0.1, 0.15) is 43.6 Å². The zero-order valence-corrected chi connectivity index (χ0v) is 21.6. The second-order valence-electron chi connectivity index (χ2n) is 10.2. The van der Waals surface area contributed by atoms with Crippen LogP contribution >= 0.6 is 0 Å². The first kappa shape index (κ1) is 24.6. The van der Waals surface area contributed by atoms with Crippen LogP contribution in [-0.4, -0.2) is 30.6 Å². The first-order valence-corrected chi connectivity index (χ1v) is 12.8. The Morgan fingerprint density at radius 3 is 2.76 bits per heavy atom. The van der Waals surface area contributed by atoms with Crippen molar-refractivity contribution in [3.05, 3.63) is 77.5 Å². The number of anilines is 1. The maximum Gasteiger partial charge on any atom is 0.270 e. The van der Waals surface area contributed by atoms with Gasteiger partial charge in [0.25, 0.3) is 5.91 Å². The Hall–Kier alpha value is -4.11. The number of aromatic nitrogens is 1. The number of fused-ring (bicyclic) bond motifs is 2. The molecule has 37 heavy (non-hydrogen) atoms. The normalized spacial score (nSPS) is 20.4. The predicted octanol–water partition coefficient (Wildman–Crippen LogP) is 6.27. The van der Waals surface area contributed by atoms with Crippen LogP contribution in [0, 0.1) is 23.2 Å². The summed E-state index contributed by atoms with van der Waals surface area (Å²) in [5.41, 5.74) is 6.42. The number of nitrogens with one attached hydrogen (secondary N) is 2. The third kappa shape index (κ3) is 4.82. The van der Waals surface area contributed by atoms with Crippen molar-refractivity contribution in [2.24, 2.45) is 11.8 Å². The molecule has 2 aliphatic rings. The fraction of sp³-hybridized carbons (Fsp3) is 0.323. The number of allylic oxidation sites excluding steroid dienone is 2. The summed E-state index contributed by atoms with van der Waals surface area (Å²) in [5.74, 6) is 1.70. The molecule has 1 saturated carbocycles. The van der Waals surface area contributed by atoms with Crippen LogP contribution in [0.15, 0.2) is 71.8 Å². The van der Waals surface area contributed by atoms with Crippen LogP contribution in [0.4, 0.5) is 5.69 Å². The summed E-state index contributed by atoms with van der Waals surface area (Å²) in [6.45, 7) is 8.59. The van der Waals surface area contributed by atoms with E-state index in [1.807, 2.05) is 42.5 Å². The van der Waals surface area contributed by atoms with Gasteiger partial charge in [0.05, 0.1) is 24.6 Å². The van der Waals surface area contributed by atoms with E-state index < -0.39 is 0 Å². The summed E-state index contributed by atoms with van der Waals surface area (Å²) >= 11 is 0. The molecule has 1 aromatic heterocycles. The number of methoxy groups -OCH3 is 1. The third-order valence-corrected chi connectivity index (χ3v) is 7.68. The largest absolute Gasteiger partial charge is 0.495 e. The molecular formula is C31H32N4O2. The van der Waals surface area contributed by atoms with E-state index in [1.165, 1.54) is 5.57 Å². The van der Waals surface area contributed by atoms with Gasteiger partial charge < -0.3 is 15.4 Å². The minimum Gasteiger partial charge on any atom is -0.495 e. The van der Waals surface area contributed by atoms with Crippen LogP contribution in [0.25, 0.3) is 22.0 Å². The third-order valence-electron chi connectivity index (χ3n) is 7.68. The smallest absolute Gasteiger partial charge is 0.270 e. The number of nitriles is 1. The summed E-state index contributed by atoms with van der Waals surface area (Å²) in [5, 5.41) is 17.6. The lowest BCUT2D eigenvalue weighted by Gasteiger charge is -2.44. The van der Waals surface area contributed by atoms with E-state index in [4.69, 9.17) is 15.0 Å². The average Bonchev–Trinajstić information content (AvgIpc) is 2.90. The highest BCUT2D eigenvalue weighted by atomic mass is 16.5. The summed E-state index contributed by atoms with van der Waals surface area (Å²) in [4.78, 5) is 17.9. The van der Waals surface area contributed by atoms with Crippen molar-refractivity contribution in [3.8, 4) is 23.1 Å². The minimum atomic E-state index is -0.123. The van der Waals surface area contributed by atoms with E-state index in [-0.39, 0.29) is 11.9 Å². The lowest BCUT2D eigenvalue weighted by atomic mass is 9.64. The van der Waals surface area contributed by atoms with Crippen molar-refractivity contribution in [1.82, 2.24) is 10.3 Å². The van der Waals surface area contributed by atoms with Gasteiger partial charge in [-0.15, -0.1) is 0 Å². The summed E-state index contributed by atoms with van der Waals surface area (Å²) in [6, 6.07) is 17.8. The molecule has 2 aliphatic carbocycles. The van der Waals surface area contributed by atoms with Crippen LogP contribution < -0.4 is 15.4 Å². The number of hydrogen-bond acceptors (Lipinski definition) is 5. The Bertz CT molecular complexity index is 1470. The number of carbonyl (C=O) groups is 1. The minimum absolute atomic E-state index is 0.123. The second kappa shape index (κ2) is 10.1. The van der Waals surface area contributed by atoms with Crippen LogP contribution in [0.5, 0.6) is 5.75 Å². The van der Waals surface area contributed by atoms with Crippen LogP contribution in [0.2, 0.25) is 0 Å². The number of rotatable bonds is 7. The predicted molar refractivity (Wildman–Crippen MR) is 147 cm³/mol. The molecule has 2 aromatic carbocycles. The SMILES string of the molecule is C=C(C#N)CNc1c(OC)ccc2ccc(-c3cccc(C(=O)NC4CC(C)C5=C(C)CC5C4)n3)cc12. The Kier molecular flexibility index (Phi) is 6.71. The van der Waals surface area contributed by atoms with Gasteiger partial charge >= 0.3 is 0 Å². The number of hydrogen-bond donors (Lipinski definition) is 2. The van der Waals surface area contributed by atoms with Crippen molar-refractivity contribution < 1.29 is 9.53 Å². The van der Waals surface area contributed by atoms with E-state index in [0.717, 1.165) is 47.0 Å². The molecule has 0 saturated heterocycles. The van der Waals surface area contributed by atoms with E-state index in [2.05, 4.69) is 37.1 Å². The number of ether oxygens (including phenoxy) is 1. The standard InChI is InChI=1S/C31H32N4O2/c1-18(16-32)17-33-30-25-15-22(9-8-21(25)10-11-28(30)37-4)26-6-5-7-27(35-26)31(36)34-24-13-20(3)29-19(2)12-23(29)14-24/h5-11,15,20,23-24,33H,1,12-14,17H2,2-4H3,(H,34,36). The zero-order valence-electron chi connectivity index (χ0n) is 21.6. The number of carbonyl (C=O) groups excluding carboxylic acids is 1. The molecule has 0 bridgehead atoms. The first-order valence-electron chi connectivity index (χ1n) is 12.8. The van der Waals surface area contributed by atoms with Gasteiger partial charge in [-0.3, -0.25) is 4.79 Å². The van der Waals surface area contributed by atoms with Crippen molar-refractivity contribution >= 4 is 22.4 Å². The first-order chi connectivity index (χ1) is 17.9. The maximum absolute atomic E-state index is 13.2. The Morgan fingerprint density at radius 1 is 1.22 bits per heavy atom. The molecule has 0 aliphatic heterocycles. The van der Waals surface area contributed by atoms with E-state index in [9.17, 15) is 4.79 Å². The fourth-order valence-corrected chi connectivity index (χ4v) is 5.99. The van der Waals surface area contributed by atoms with Gasteiger partial charge in [0.15, 0.2) is 0 Å². The molecule has 6 nitrogen and oxygen atoms in total. The van der Waals surface area contributed by atoms with Gasteiger partial charge in [0.2, 0.25) is 0 Å². The lowest BCUT2D eigenvalue weighted by molar-refractivity contribution is 0.0912. The molecule has 3 aromatic rings. The van der Waals surface area contributed by atoms with Crippen molar-refractivity contribution in [1.29, 1.82) is 5.26 Å². The fourth-order valence-electron chi connectivity index (χ4n) is 5.99. The molecule has 6 heteroatoms. The molecule has 0 spiro atoms. The maximum atomic E-state index is 13.2. The van der Waals surface area contributed by atoms with Crippen molar-refractivity contribution in [3.63, 3.8) is 0 Å². The summed E-state index contributed by atoms with van der Waals surface area (Å²) in [7, 11) is 1.62. The van der Waals surface area contributed by atoms with Gasteiger partial charge in [-0.25, -0.2) is 4.98 Å². The Morgan fingerprint density at radius 2 is 2.03 bits per heavy atom. The molecule has 0 radical (unpaired) electrons. The molecule has 5 rings (SSSR count). The second-order valence-corrected chi connectivity index (χ2v) is 10.2. The highest BCUT2D eigenvalue weighted by Gasteiger charge is 2.38. The molecule has 2 N–H and O–H groups in total. The van der Waals surface area contributed by atoms with Crippen molar-refractivity contribution in [2.45, 2.75) is 39.2 Å².